The van der Waals surface area contributed by atoms with E-state index >= 15 is 0 Å². The van der Waals surface area contributed by atoms with Gasteiger partial charge in [-0.2, -0.15) is 0 Å². The Morgan fingerprint density at radius 1 is 1.31 bits per heavy atom. The second kappa shape index (κ2) is 5.35. The van der Waals surface area contributed by atoms with Crippen LogP contribution in [0.1, 0.15) is 30.4 Å². The Morgan fingerprint density at radius 2 is 2.12 bits per heavy atom. The third-order valence-electron chi connectivity index (χ3n) is 2.92. The second-order valence-corrected chi connectivity index (χ2v) is 4.56. The first kappa shape index (κ1) is 11.5. The van der Waals surface area contributed by atoms with Gasteiger partial charge < -0.3 is 5.32 Å². The number of carbonyl (C=O) groups is 1. The molecule has 1 aliphatic carbocycles. The van der Waals surface area contributed by atoms with Crippen molar-refractivity contribution in [1.29, 1.82) is 0 Å². The van der Waals surface area contributed by atoms with Gasteiger partial charge in [-0.25, -0.2) is 0 Å². The topological polar surface area (TPSA) is 29.1 Å². The molecule has 0 fully saturated rings. The summed E-state index contributed by atoms with van der Waals surface area (Å²) in [6, 6.07) is 6.21. The smallest absolute Gasteiger partial charge is 0.224 e. The number of fused-ring (bicyclic) bond motifs is 1. The first-order valence-corrected chi connectivity index (χ1v) is 6.30. The van der Waals surface area contributed by atoms with Gasteiger partial charge in [0, 0.05) is 18.0 Å². The zero-order valence-corrected chi connectivity index (χ0v) is 10.0. The van der Waals surface area contributed by atoms with Crippen LogP contribution in [-0.2, 0) is 17.6 Å². The molecule has 0 spiro atoms. The van der Waals surface area contributed by atoms with Crippen molar-refractivity contribution in [1.82, 2.24) is 0 Å². The number of benzene rings is 1. The van der Waals surface area contributed by atoms with Crippen molar-refractivity contribution in [3.63, 3.8) is 0 Å². The first-order valence-electron chi connectivity index (χ1n) is 5.77. The number of nitrogens with one attached hydrogen (secondary N) is 1. The molecule has 0 unspecified atom stereocenters. The Labute approximate surface area is 101 Å². The van der Waals surface area contributed by atoms with Gasteiger partial charge in [0.2, 0.25) is 5.91 Å². The molecule has 1 aromatic carbocycles. The lowest BCUT2D eigenvalue weighted by Gasteiger charge is -2.06. The number of halogens is 1. The van der Waals surface area contributed by atoms with Crippen molar-refractivity contribution in [2.24, 2.45) is 0 Å². The molecule has 1 N–H and O–H groups in total. The van der Waals surface area contributed by atoms with Gasteiger partial charge >= 0.3 is 0 Å². The average molecular weight is 238 g/mol. The van der Waals surface area contributed by atoms with Gasteiger partial charge in [0.15, 0.2) is 0 Å². The number of hydrogen-bond donors (Lipinski definition) is 1. The lowest BCUT2D eigenvalue weighted by molar-refractivity contribution is -0.116. The van der Waals surface area contributed by atoms with Crippen LogP contribution in [0.2, 0.25) is 0 Å². The maximum Gasteiger partial charge on any atom is 0.224 e. The third-order valence-corrected chi connectivity index (χ3v) is 3.19. The Kier molecular flexibility index (Phi) is 3.83. The molecule has 16 heavy (non-hydrogen) atoms. The number of aryl methyl sites for hydroxylation is 2. The van der Waals surface area contributed by atoms with Gasteiger partial charge in [-0.05, 0) is 48.9 Å². The third kappa shape index (κ3) is 2.76. The lowest BCUT2D eigenvalue weighted by atomic mass is 10.1. The van der Waals surface area contributed by atoms with Gasteiger partial charge in [0.05, 0.1) is 0 Å². The fraction of sp³-hybridized carbons (Fsp3) is 0.462. The van der Waals surface area contributed by atoms with Crippen molar-refractivity contribution >= 4 is 23.2 Å². The van der Waals surface area contributed by atoms with Crippen molar-refractivity contribution < 1.29 is 4.79 Å². The summed E-state index contributed by atoms with van der Waals surface area (Å²) in [5.41, 5.74) is 3.73. The highest BCUT2D eigenvalue weighted by Gasteiger charge is 2.11. The molecule has 3 heteroatoms. The molecule has 0 aromatic heterocycles. The van der Waals surface area contributed by atoms with E-state index in [9.17, 15) is 4.79 Å². The minimum atomic E-state index is 0.0543. The summed E-state index contributed by atoms with van der Waals surface area (Å²) >= 11 is 5.55. The highest BCUT2D eigenvalue weighted by atomic mass is 35.5. The van der Waals surface area contributed by atoms with Crippen LogP contribution in [0.5, 0.6) is 0 Å². The maximum absolute atomic E-state index is 11.5. The van der Waals surface area contributed by atoms with E-state index in [4.69, 9.17) is 11.6 Å². The fourth-order valence-corrected chi connectivity index (χ4v) is 2.23. The van der Waals surface area contributed by atoms with Crippen LogP contribution < -0.4 is 5.32 Å². The Morgan fingerprint density at radius 3 is 2.94 bits per heavy atom. The summed E-state index contributed by atoms with van der Waals surface area (Å²) in [7, 11) is 0. The molecule has 0 saturated carbocycles. The molecular formula is C13H16ClNO. The Hall–Kier alpha value is -1.02. The monoisotopic (exact) mass is 237 g/mol. The zero-order valence-electron chi connectivity index (χ0n) is 9.26. The Balaban J connectivity index is 1.97. The second-order valence-electron chi connectivity index (χ2n) is 4.18. The summed E-state index contributed by atoms with van der Waals surface area (Å²) in [4.78, 5) is 11.5. The van der Waals surface area contributed by atoms with E-state index in [0.717, 1.165) is 18.5 Å². The van der Waals surface area contributed by atoms with E-state index in [1.807, 2.05) is 6.07 Å². The van der Waals surface area contributed by atoms with Crippen LogP contribution in [0.3, 0.4) is 0 Å². The van der Waals surface area contributed by atoms with Crippen LogP contribution in [0.25, 0.3) is 0 Å². The molecule has 2 rings (SSSR count). The largest absolute Gasteiger partial charge is 0.326 e. The fourth-order valence-electron chi connectivity index (χ4n) is 2.10. The van der Waals surface area contributed by atoms with Crippen molar-refractivity contribution in [3.8, 4) is 0 Å². The number of amides is 1. The van der Waals surface area contributed by atoms with Crippen LogP contribution in [0.15, 0.2) is 18.2 Å². The highest BCUT2D eigenvalue weighted by molar-refractivity contribution is 6.18. The molecule has 1 aliphatic rings. The average Bonchev–Trinajstić information content (AvgIpc) is 2.73. The summed E-state index contributed by atoms with van der Waals surface area (Å²) < 4.78 is 0. The molecular weight excluding hydrogens is 222 g/mol. The van der Waals surface area contributed by atoms with E-state index < -0.39 is 0 Å². The minimum absolute atomic E-state index is 0.0543. The van der Waals surface area contributed by atoms with Gasteiger partial charge in [0.1, 0.15) is 0 Å². The van der Waals surface area contributed by atoms with Crippen LogP contribution in [-0.4, -0.2) is 11.8 Å². The zero-order chi connectivity index (χ0) is 11.4. The SMILES string of the molecule is O=C(CCCCl)Nc1ccc2c(c1)CCC2. The van der Waals surface area contributed by atoms with Gasteiger partial charge in [0.25, 0.3) is 0 Å². The summed E-state index contributed by atoms with van der Waals surface area (Å²) in [5, 5.41) is 2.91. The van der Waals surface area contributed by atoms with Crippen molar-refractivity contribution in [2.75, 3.05) is 11.2 Å². The maximum atomic E-state index is 11.5. The number of hydrogen-bond acceptors (Lipinski definition) is 1. The summed E-state index contributed by atoms with van der Waals surface area (Å²) in [6.07, 6.45) is 4.79. The standard InChI is InChI=1S/C13H16ClNO/c14-8-2-5-13(16)15-12-7-6-10-3-1-4-11(10)9-12/h6-7,9H,1-5,8H2,(H,15,16). The van der Waals surface area contributed by atoms with E-state index in [0.29, 0.717) is 12.3 Å². The van der Waals surface area contributed by atoms with Crippen LogP contribution >= 0.6 is 11.6 Å². The minimum Gasteiger partial charge on any atom is -0.326 e. The quantitative estimate of drug-likeness (QED) is 0.801. The van der Waals surface area contributed by atoms with Gasteiger partial charge in [-0.3, -0.25) is 4.79 Å². The molecule has 0 heterocycles. The van der Waals surface area contributed by atoms with Gasteiger partial charge in [-0.15, -0.1) is 11.6 Å². The summed E-state index contributed by atoms with van der Waals surface area (Å²) in [6.45, 7) is 0. The Bertz CT molecular complexity index is 390. The molecule has 86 valence electrons. The molecule has 0 radical (unpaired) electrons. The van der Waals surface area contributed by atoms with E-state index in [1.54, 1.807) is 0 Å². The summed E-state index contributed by atoms with van der Waals surface area (Å²) in [5.74, 6) is 0.594. The molecule has 1 aromatic rings. The van der Waals surface area contributed by atoms with Gasteiger partial charge in [-0.1, -0.05) is 6.07 Å². The van der Waals surface area contributed by atoms with Crippen molar-refractivity contribution in [2.45, 2.75) is 32.1 Å². The molecule has 0 atom stereocenters. The molecule has 1 amide bonds. The first-order chi connectivity index (χ1) is 7.79. The van der Waals surface area contributed by atoms with E-state index in [1.165, 1.54) is 24.0 Å². The van der Waals surface area contributed by atoms with Crippen LogP contribution in [0.4, 0.5) is 5.69 Å². The number of anilines is 1. The molecule has 0 bridgehead atoms. The van der Waals surface area contributed by atoms with Crippen molar-refractivity contribution in [3.05, 3.63) is 29.3 Å². The normalized spacial score (nSPS) is 13.6. The number of alkyl halides is 1. The number of rotatable bonds is 4. The molecule has 0 aliphatic heterocycles. The molecule has 2 nitrogen and oxygen atoms in total. The number of carbonyl (C=O) groups excluding carboxylic acids is 1. The predicted octanol–water partition coefficient (Wildman–Crippen LogP) is 3.13. The lowest BCUT2D eigenvalue weighted by Crippen LogP contribution is -2.11. The molecule has 0 saturated heterocycles. The highest BCUT2D eigenvalue weighted by Crippen LogP contribution is 2.24. The predicted molar refractivity (Wildman–Crippen MR) is 67.1 cm³/mol. The van der Waals surface area contributed by atoms with E-state index in [-0.39, 0.29) is 5.91 Å². The van der Waals surface area contributed by atoms with Crippen LogP contribution in [0, 0.1) is 0 Å². The van der Waals surface area contributed by atoms with E-state index in [2.05, 4.69) is 17.4 Å².